The highest BCUT2D eigenvalue weighted by molar-refractivity contribution is 6.08. The van der Waals surface area contributed by atoms with Gasteiger partial charge in [0.1, 0.15) is 5.75 Å². The molecule has 0 spiro atoms. The van der Waals surface area contributed by atoms with Gasteiger partial charge in [-0.1, -0.05) is 18.2 Å². The summed E-state index contributed by atoms with van der Waals surface area (Å²) in [7, 11) is 0. The number of phenolic OH excluding ortho intramolecular Hbond substituents is 1. The second kappa shape index (κ2) is 7.90. The fourth-order valence-corrected chi connectivity index (χ4v) is 2.99. The Kier molecular flexibility index (Phi) is 4.99. The Bertz CT molecular complexity index is 1200. The molecule has 0 radical (unpaired) electrons. The molecular formula is C23H18N4O2. The molecule has 0 saturated carbocycles. The van der Waals surface area contributed by atoms with E-state index in [1.54, 1.807) is 49.6 Å². The summed E-state index contributed by atoms with van der Waals surface area (Å²) in [5, 5.41) is 14.4. The van der Waals surface area contributed by atoms with Crippen molar-refractivity contribution in [2.45, 2.75) is 6.92 Å². The third-order valence-electron chi connectivity index (χ3n) is 4.53. The Morgan fingerprint density at radius 2 is 1.83 bits per heavy atom. The van der Waals surface area contributed by atoms with E-state index in [1.165, 1.54) is 0 Å². The molecule has 0 aliphatic carbocycles. The number of hydrazone groups is 1. The summed E-state index contributed by atoms with van der Waals surface area (Å²) in [6, 6.07) is 19.6. The molecule has 0 saturated heterocycles. The fraction of sp³-hybridized carbons (Fsp3) is 0.0435. The molecule has 2 heterocycles. The Balaban J connectivity index is 1.69. The van der Waals surface area contributed by atoms with Crippen molar-refractivity contribution < 1.29 is 9.90 Å². The predicted molar refractivity (Wildman–Crippen MR) is 113 cm³/mol. The highest BCUT2D eigenvalue weighted by atomic mass is 16.3. The van der Waals surface area contributed by atoms with Gasteiger partial charge in [0.25, 0.3) is 5.91 Å². The number of aromatic nitrogens is 2. The first-order valence-corrected chi connectivity index (χ1v) is 9.06. The molecule has 0 unspecified atom stereocenters. The second-order valence-electron chi connectivity index (χ2n) is 6.50. The van der Waals surface area contributed by atoms with Gasteiger partial charge < -0.3 is 5.11 Å². The van der Waals surface area contributed by atoms with Crippen molar-refractivity contribution >= 4 is 22.5 Å². The molecule has 2 aromatic carbocycles. The lowest BCUT2D eigenvalue weighted by atomic mass is 10.0. The molecule has 4 aromatic rings. The Morgan fingerprint density at radius 3 is 2.59 bits per heavy atom. The van der Waals surface area contributed by atoms with Crippen molar-refractivity contribution in [3.63, 3.8) is 0 Å². The molecule has 6 heteroatoms. The number of hydrogen-bond donors (Lipinski definition) is 2. The van der Waals surface area contributed by atoms with E-state index in [0.29, 0.717) is 17.0 Å². The Labute approximate surface area is 167 Å². The number of rotatable bonds is 4. The minimum absolute atomic E-state index is 0.178. The van der Waals surface area contributed by atoms with E-state index in [2.05, 4.69) is 20.5 Å². The maximum absolute atomic E-state index is 12.9. The monoisotopic (exact) mass is 382 g/mol. The van der Waals surface area contributed by atoms with Crippen LogP contribution in [0.15, 0.2) is 84.2 Å². The molecule has 0 aliphatic rings. The van der Waals surface area contributed by atoms with Crippen LogP contribution in [0.4, 0.5) is 0 Å². The number of fused-ring (bicyclic) bond motifs is 1. The number of amides is 1. The first-order chi connectivity index (χ1) is 14.1. The summed E-state index contributed by atoms with van der Waals surface area (Å²) in [5.74, 6) is -0.149. The van der Waals surface area contributed by atoms with E-state index in [0.717, 1.165) is 22.0 Å². The lowest BCUT2D eigenvalue weighted by Crippen LogP contribution is -2.20. The summed E-state index contributed by atoms with van der Waals surface area (Å²) in [6.45, 7) is 1.79. The van der Waals surface area contributed by atoms with Gasteiger partial charge >= 0.3 is 0 Å². The number of aromatic hydroxyl groups is 1. The summed E-state index contributed by atoms with van der Waals surface area (Å²) >= 11 is 0. The number of phenols is 1. The van der Waals surface area contributed by atoms with Crippen LogP contribution in [0.2, 0.25) is 0 Å². The van der Waals surface area contributed by atoms with Crippen LogP contribution < -0.4 is 5.43 Å². The zero-order chi connectivity index (χ0) is 20.2. The lowest BCUT2D eigenvalue weighted by molar-refractivity contribution is 0.0956. The third-order valence-corrected chi connectivity index (χ3v) is 4.53. The van der Waals surface area contributed by atoms with Crippen LogP contribution in [-0.4, -0.2) is 26.7 Å². The van der Waals surface area contributed by atoms with Gasteiger partial charge in [0, 0.05) is 23.3 Å². The summed E-state index contributed by atoms with van der Waals surface area (Å²) < 4.78 is 0. The third kappa shape index (κ3) is 3.96. The number of pyridine rings is 2. The highest BCUT2D eigenvalue weighted by Gasteiger charge is 2.14. The normalized spacial score (nSPS) is 11.4. The van der Waals surface area contributed by atoms with E-state index in [1.807, 2.05) is 36.4 Å². The largest absolute Gasteiger partial charge is 0.508 e. The topological polar surface area (TPSA) is 87.5 Å². The van der Waals surface area contributed by atoms with Gasteiger partial charge in [0.2, 0.25) is 0 Å². The average molecular weight is 382 g/mol. The fourth-order valence-electron chi connectivity index (χ4n) is 2.99. The lowest BCUT2D eigenvalue weighted by Gasteiger charge is -2.09. The van der Waals surface area contributed by atoms with Crippen LogP contribution in [0, 0.1) is 0 Å². The first-order valence-electron chi connectivity index (χ1n) is 9.06. The van der Waals surface area contributed by atoms with E-state index in [-0.39, 0.29) is 11.7 Å². The van der Waals surface area contributed by atoms with Gasteiger partial charge in [-0.2, -0.15) is 5.10 Å². The zero-order valence-corrected chi connectivity index (χ0v) is 15.7. The minimum atomic E-state index is -0.327. The quantitative estimate of drug-likeness (QED) is 0.410. The van der Waals surface area contributed by atoms with Gasteiger partial charge in [0.05, 0.1) is 22.5 Å². The summed E-state index contributed by atoms with van der Waals surface area (Å²) in [4.78, 5) is 21.7. The maximum atomic E-state index is 12.9. The zero-order valence-electron chi connectivity index (χ0n) is 15.7. The van der Waals surface area contributed by atoms with E-state index in [4.69, 9.17) is 0 Å². The number of nitrogens with zero attached hydrogens (tertiary/aromatic N) is 3. The standard InChI is InChI=1S/C23H18N4O2/c1-15(16-8-10-18(28)11-9-16)26-27-23(29)20-13-22(17-5-4-12-24-14-17)25-21-7-3-2-6-19(20)21/h2-14,28H,1H3,(H,27,29)/b26-15+. The number of benzene rings is 2. The molecule has 2 N–H and O–H groups in total. The van der Waals surface area contributed by atoms with E-state index < -0.39 is 0 Å². The average Bonchev–Trinajstić information content (AvgIpc) is 2.77. The van der Waals surface area contributed by atoms with Crippen LogP contribution in [0.3, 0.4) is 0 Å². The van der Waals surface area contributed by atoms with Gasteiger partial charge in [0.15, 0.2) is 0 Å². The maximum Gasteiger partial charge on any atom is 0.272 e. The highest BCUT2D eigenvalue weighted by Crippen LogP contribution is 2.24. The smallest absolute Gasteiger partial charge is 0.272 e. The molecule has 2 aromatic heterocycles. The van der Waals surface area contributed by atoms with Crippen molar-refractivity contribution in [3.05, 3.63) is 90.3 Å². The number of para-hydroxylation sites is 1. The molecule has 1 amide bonds. The second-order valence-corrected chi connectivity index (χ2v) is 6.50. The molecule has 0 bridgehead atoms. The number of hydrogen-bond acceptors (Lipinski definition) is 5. The Morgan fingerprint density at radius 1 is 1.03 bits per heavy atom. The predicted octanol–water partition coefficient (Wildman–Crippen LogP) is 4.16. The molecular weight excluding hydrogens is 364 g/mol. The van der Waals surface area contributed by atoms with Crippen LogP contribution >= 0.6 is 0 Å². The Hall–Kier alpha value is -4.06. The van der Waals surface area contributed by atoms with Gasteiger partial charge in [-0.25, -0.2) is 10.4 Å². The molecule has 29 heavy (non-hydrogen) atoms. The minimum Gasteiger partial charge on any atom is -0.508 e. The molecule has 0 aliphatic heterocycles. The van der Waals surface area contributed by atoms with Gasteiger partial charge in [-0.15, -0.1) is 0 Å². The molecule has 142 valence electrons. The van der Waals surface area contributed by atoms with Crippen LogP contribution in [0.25, 0.3) is 22.2 Å². The van der Waals surface area contributed by atoms with E-state index >= 15 is 0 Å². The summed E-state index contributed by atoms with van der Waals surface area (Å²) in [5.41, 5.74) is 6.76. The van der Waals surface area contributed by atoms with Crippen molar-refractivity contribution in [2.75, 3.05) is 0 Å². The molecule has 0 atom stereocenters. The molecule has 4 rings (SSSR count). The SMILES string of the molecule is C/C(=N\NC(=O)c1cc(-c2cccnc2)nc2ccccc12)c1ccc(O)cc1. The number of nitrogens with one attached hydrogen (secondary N) is 1. The van der Waals surface area contributed by atoms with Crippen LogP contribution in [0.1, 0.15) is 22.8 Å². The van der Waals surface area contributed by atoms with Gasteiger partial charge in [-0.05, 0) is 61.0 Å². The van der Waals surface area contributed by atoms with Crippen LogP contribution in [-0.2, 0) is 0 Å². The van der Waals surface area contributed by atoms with E-state index in [9.17, 15) is 9.90 Å². The van der Waals surface area contributed by atoms with Crippen molar-refractivity contribution in [1.29, 1.82) is 0 Å². The number of carbonyl (C=O) groups is 1. The van der Waals surface area contributed by atoms with Crippen molar-refractivity contribution in [1.82, 2.24) is 15.4 Å². The summed E-state index contributed by atoms with van der Waals surface area (Å²) in [6.07, 6.45) is 3.41. The van der Waals surface area contributed by atoms with Crippen molar-refractivity contribution in [3.8, 4) is 17.0 Å². The molecule has 0 fully saturated rings. The van der Waals surface area contributed by atoms with Crippen LogP contribution in [0.5, 0.6) is 5.75 Å². The van der Waals surface area contributed by atoms with Gasteiger partial charge in [-0.3, -0.25) is 9.78 Å². The first kappa shape index (κ1) is 18.3. The number of carbonyl (C=O) groups excluding carboxylic acids is 1. The van der Waals surface area contributed by atoms with Crippen molar-refractivity contribution in [2.24, 2.45) is 5.10 Å². The molecule has 6 nitrogen and oxygen atoms in total.